The van der Waals surface area contributed by atoms with Crippen LogP contribution in [-0.2, 0) is 4.79 Å². The highest BCUT2D eigenvalue weighted by Gasteiger charge is 2.34. The summed E-state index contributed by atoms with van der Waals surface area (Å²) in [5.41, 5.74) is 0. The average Bonchev–Trinajstić information content (AvgIpc) is 2.45. The summed E-state index contributed by atoms with van der Waals surface area (Å²) in [6.07, 6.45) is 7.71. The molecule has 0 aromatic rings. The smallest absolute Gasteiger partial charge is 0.323 e. The molecule has 0 aromatic carbocycles. The number of urea groups is 1. The summed E-state index contributed by atoms with van der Waals surface area (Å²) in [7, 11) is 0. The fourth-order valence-electron chi connectivity index (χ4n) is 3.50. The van der Waals surface area contributed by atoms with Gasteiger partial charge >= 0.3 is 12.0 Å². The molecule has 1 aliphatic heterocycles. The Hall–Kier alpha value is -1.52. The number of carbonyl (C=O) groups is 2. The summed E-state index contributed by atoms with van der Waals surface area (Å²) in [5, 5.41) is 8.90. The van der Waals surface area contributed by atoms with E-state index in [1.165, 1.54) is 30.6 Å². The molecule has 0 aromatic heterocycles. The molecule has 0 bridgehead atoms. The van der Waals surface area contributed by atoms with Crippen molar-refractivity contribution >= 4 is 12.0 Å². The van der Waals surface area contributed by atoms with Gasteiger partial charge in [-0.1, -0.05) is 25.3 Å². The number of likely N-dealkylation sites (tertiary alicyclic amines) is 1. The second kappa shape index (κ2) is 6.77. The zero-order valence-corrected chi connectivity index (χ0v) is 12.0. The highest BCUT2D eigenvalue weighted by Crippen LogP contribution is 2.36. The number of hydrogen-bond donors (Lipinski definition) is 1. The van der Waals surface area contributed by atoms with E-state index in [0.717, 1.165) is 25.4 Å². The topological polar surface area (TPSA) is 60.9 Å². The molecule has 0 radical (unpaired) electrons. The Kier molecular flexibility index (Phi) is 5.04. The highest BCUT2D eigenvalue weighted by atomic mass is 16.4. The van der Waals surface area contributed by atoms with Crippen molar-refractivity contribution in [1.82, 2.24) is 9.80 Å². The van der Waals surface area contributed by atoms with Gasteiger partial charge in [-0.25, -0.2) is 4.79 Å². The normalized spacial score (nSPS) is 25.7. The van der Waals surface area contributed by atoms with Crippen LogP contribution in [0.3, 0.4) is 0 Å². The lowest BCUT2D eigenvalue weighted by atomic mass is 9.75. The highest BCUT2D eigenvalue weighted by molar-refractivity contribution is 5.80. The number of amides is 2. The first-order valence-electron chi connectivity index (χ1n) is 7.48. The van der Waals surface area contributed by atoms with Gasteiger partial charge in [-0.3, -0.25) is 4.79 Å². The SMILES string of the molecule is C=CCN(CC(=O)O)C(=O)N1CCC2CCCCC2C1. The summed E-state index contributed by atoms with van der Waals surface area (Å²) >= 11 is 0. The number of hydrogen-bond acceptors (Lipinski definition) is 2. The van der Waals surface area contributed by atoms with E-state index >= 15 is 0 Å². The van der Waals surface area contributed by atoms with Gasteiger partial charge in [0.1, 0.15) is 6.54 Å². The Bertz CT molecular complexity index is 383. The number of carboxylic acids is 1. The maximum Gasteiger partial charge on any atom is 0.323 e. The largest absolute Gasteiger partial charge is 0.480 e. The quantitative estimate of drug-likeness (QED) is 0.803. The average molecular weight is 280 g/mol. The van der Waals surface area contributed by atoms with Crippen molar-refractivity contribution in [3.63, 3.8) is 0 Å². The number of piperidine rings is 1. The van der Waals surface area contributed by atoms with Crippen LogP contribution in [0.2, 0.25) is 0 Å². The number of rotatable bonds is 4. The third-order valence-electron chi connectivity index (χ3n) is 4.51. The summed E-state index contributed by atoms with van der Waals surface area (Å²) in [5.74, 6) is 0.393. The van der Waals surface area contributed by atoms with Gasteiger partial charge in [-0.2, -0.15) is 0 Å². The predicted molar refractivity (Wildman–Crippen MR) is 76.4 cm³/mol. The van der Waals surface area contributed by atoms with Crippen LogP contribution in [0, 0.1) is 11.8 Å². The fourth-order valence-corrected chi connectivity index (χ4v) is 3.50. The molecule has 1 saturated carbocycles. The van der Waals surface area contributed by atoms with Crippen molar-refractivity contribution in [1.29, 1.82) is 0 Å². The van der Waals surface area contributed by atoms with Crippen molar-refractivity contribution in [3.05, 3.63) is 12.7 Å². The van der Waals surface area contributed by atoms with Crippen molar-refractivity contribution in [2.75, 3.05) is 26.2 Å². The Morgan fingerprint density at radius 2 is 1.95 bits per heavy atom. The standard InChI is InChI=1S/C15H24N2O3/c1-2-8-16(11-14(18)19)15(20)17-9-7-12-5-3-4-6-13(12)10-17/h2,12-13H,1,3-11H2,(H,18,19). The van der Waals surface area contributed by atoms with Crippen LogP contribution in [0.15, 0.2) is 12.7 Å². The molecule has 1 aliphatic carbocycles. The van der Waals surface area contributed by atoms with Gasteiger partial charge in [0, 0.05) is 19.6 Å². The number of carboxylic acid groups (broad SMARTS) is 1. The first-order valence-corrected chi connectivity index (χ1v) is 7.48. The maximum atomic E-state index is 12.4. The minimum Gasteiger partial charge on any atom is -0.480 e. The van der Waals surface area contributed by atoms with E-state index in [9.17, 15) is 9.59 Å². The molecule has 2 rings (SSSR count). The van der Waals surface area contributed by atoms with Crippen LogP contribution in [0.1, 0.15) is 32.1 Å². The Morgan fingerprint density at radius 3 is 2.60 bits per heavy atom. The molecular weight excluding hydrogens is 256 g/mol. The number of carbonyl (C=O) groups excluding carboxylic acids is 1. The monoisotopic (exact) mass is 280 g/mol. The van der Waals surface area contributed by atoms with Crippen LogP contribution < -0.4 is 0 Å². The number of nitrogens with zero attached hydrogens (tertiary/aromatic N) is 2. The zero-order valence-electron chi connectivity index (χ0n) is 12.0. The molecule has 2 atom stereocenters. The lowest BCUT2D eigenvalue weighted by Gasteiger charge is -2.42. The second-order valence-corrected chi connectivity index (χ2v) is 5.88. The Labute approximate surface area is 120 Å². The zero-order chi connectivity index (χ0) is 14.5. The summed E-state index contributed by atoms with van der Waals surface area (Å²) < 4.78 is 0. The minimum atomic E-state index is -0.979. The van der Waals surface area contributed by atoms with Gasteiger partial charge in [0.05, 0.1) is 0 Å². The lowest BCUT2D eigenvalue weighted by Crippen LogP contribution is -2.51. The van der Waals surface area contributed by atoms with Crippen LogP contribution in [-0.4, -0.2) is 53.1 Å². The van der Waals surface area contributed by atoms with E-state index in [4.69, 9.17) is 5.11 Å². The maximum absolute atomic E-state index is 12.4. The molecule has 1 heterocycles. The summed E-state index contributed by atoms with van der Waals surface area (Å²) in [6, 6.07) is -0.156. The third-order valence-corrected chi connectivity index (χ3v) is 4.51. The first kappa shape index (κ1) is 14.9. The molecule has 1 saturated heterocycles. The fraction of sp³-hybridized carbons (Fsp3) is 0.733. The predicted octanol–water partition coefficient (Wildman–Crippen LogP) is 2.19. The molecule has 5 nitrogen and oxygen atoms in total. The van der Waals surface area contributed by atoms with Crippen molar-refractivity contribution < 1.29 is 14.7 Å². The van der Waals surface area contributed by atoms with E-state index in [2.05, 4.69) is 6.58 Å². The molecule has 112 valence electrons. The Morgan fingerprint density at radius 1 is 1.25 bits per heavy atom. The number of aliphatic carboxylic acids is 1. The first-order chi connectivity index (χ1) is 9.61. The van der Waals surface area contributed by atoms with Crippen LogP contribution in [0.5, 0.6) is 0 Å². The van der Waals surface area contributed by atoms with E-state index in [1.807, 2.05) is 4.90 Å². The number of fused-ring (bicyclic) bond motifs is 1. The van der Waals surface area contributed by atoms with Gasteiger partial charge in [0.2, 0.25) is 0 Å². The third kappa shape index (κ3) is 3.52. The van der Waals surface area contributed by atoms with Crippen molar-refractivity contribution in [2.45, 2.75) is 32.1 Å². The summed E-state index contributed by atoms with van der Waals surface area (Å²) in [4.78, 5) is 26.5. The molecule has 0 spiro atoms. The van der Waals surface area contributed by atoms with E-state index < -0.39 is 5.97 Å². The Balaban J connectivity index is 1.96. The van der Waals surface area contributed by atoms with Gasteiger partial charge in [-0.15, -0.1) is 6.58 Å². The van der Waals surface area contributed by atoms with Crippen molar-refractivity contribution in [3.8, 4) is 0 Å². The molecule has 2 aliphatic rings. The van der Waals surface area contributed by atoms with E-state index in [-0.39, 0.29) is 19.1 Å². The molecule has 1 N–H and O–H groups in total. The molecule has 2 fully saturated rings. The molecule has 20 heavy (non-hydrogen) atoms. The van der Waals surface area contributed by atoms with Crippen molar-refractivity contribution in [2.24, 2.45) is 11.8 Å². The second-order valence-electron chi connectivity index (χ2n) is 5.88. The van der Waals surface area contributed by atoms with E-state index in [1.54, 1.807) is 6.08 Å². The molecule has 2 amide bonds. The van der Waals surface area contributed by atoms with Crippen LogP contribution >= 0.6 is 0 Å². The van der Waals surface area contributed by atoms with Crippen LogP contribution in [0.25, 0.3) is 0 Å². The molecule has 5 heteroatoms. The minimum absolute atomic E-state index is 0.156. The molecular formula is C15H24N2O3. The van der Waals surface area contributed by atoms with Gasteiger partial charge in [-0.05, 0) is 24.7 Å². The lowest BCUT2D eigenvalue weighted by molar-refractivity contribution is -0.137. The van der Waals surface area contributed by atoms with E-state index in [0.29, 0.717) is 5.92 Å². The van der Waals surface area contributed by atoms with Gasteiger partial charge in [0.25, 0.3) is 0 Å². The van der Waals surface area contributed by atoms with Gasteiger partial charge < -0.3 is 14.9 Å². The summed E-state index contributed by atoms with van der Waals surface area (Å²) in [6.45, 7) is 5.17. The molecule has 2 unspecified atom stereocenters. The van der Waals surface area contributed by atoms with Gasteiger partial charge in [0.15, 0.2) is 0 Å². The van der Waals surface area contributed by atoms with Crippen LogP contribution in [0.4, 0.5) is 4.79 Å².